The Morgan fingerprint density at radius 1 is 1.00 bits per heavy atom. The largest absolute Gasteiger partial charge is 0.465 e. The molecule has 0 spiro atoms. The van der Waals surface area contributed by atoms with Crippen LogP contribution in [-0.2, 0) is 9.53 Å². The molecule has 2 aromatic carbocycles. The van der Waals surface area contributed by atoms with E-state index in [2.05, 4.69) is 10.1 Å². The van der Waals surface area contributed by atoms with E-state index in [9.17, 15) is 9.59 Å². The fourth-order valence-corrected chi connectivity index (χ4v) is 1.79. The van der Waals surface area contributed by atoms with Gasteiger partial charge in [-0.25, -0.2) is 4.79 Å². The SMILES string of the molecule is COC(=O)c1ccccc1NC(=O)/C=C/c1ccccc1. The standard InChI is InChI=1S/C17H15NO3/c1-21-17(20)14-9-5-6-10-15(14)18-16(19)12-11-13-7-3-2-4-8-13/h2-12H,1H3,(H,18,19)/b12-11+. The highest BCUT2D eigenvalue weighted by Crippen LogP contribution is 2.16. The molecule has 4 nitrogen and oxygen atoms in total. The maximum absolute atomic E-state index is 11.9. The van der Waals surface area contributed by atoms with E-state index in [0.29, 0.717) is 11.3 Å². The Kier molecular flexibility index (Phi) is 4.88. The van der Waals surface area contributed by atoms with Crippen LogP contribution >= 0.6 is 0 Å². The molecule has 21 heavy (non-hydrogen) atoms. The molecule has 2 aromatic rings. The van der Waals surface area contributed by atoms with Crippen LogP contribution in [0.2, 0.25) is 0 Å². The summed E-state index contributed by atoms with van der Waals surface area (Å²) in [6.45, 7) is 0. The van der Waals surface area contributed by atoms with E-state index in [1.54, 1.807) is 30.3 Å². The molecule has 0 heterocycles. The highest BCUT2D eigenvalue weighted by molar-refractivity contribution is 6.06. The normalized spacial score (nSPS) is 10.3. The van der Waals surface area contributed by atoms with Crippen molar-refractivity contribution < 1.29 is 14.3 Å². The van der Waals surface area contributed by atoms with Gasteiger partial charge in [0.15, 0.2) is 0 Å². The van der Waals surface area contributed by atoms with Crippen molar-refractivity contribution >= 4 is 23.6 Å². The molecule has 0 fully saturated rings. The molecular weight excluding hydrogens is 266 g/mol. The Morgan fingerprint density at radius 3 is 2.38 bits per heavy atom. The minimum atomic E-state index is -0.488. The lowest BCUT2D eigenvalue weighted by atomic mass is 10.1. The monoisotopic (exact) mass is 281 g/mol. The molecule has 0 aliphatic carbocycles. The van der Waals surface area contributed by atoms with E-state index in [-0.39, 0.29) is 5.91 Å². The number of hydrogen-bond acceptors (Lipinski definition) is 3. The van der Waals surface area contributed by atoms with E-state index in [1.807, 2.05) is 30.3 Å². The third-order valence-electron chi connectivity index (χ3n) is 2.82. The smallest absolute Gasteiger partial charge is 0.339 e. The minimum absolute atomic E-state index is 0.310. The lowest BCUT2D eigenvalue weighted by Crippen LogP contribution is -2.12. The summed E-state index contributed by atoms with van der Waals surface area (Å²) in [7, 11) is 1.30. The third-order valence-corrected chi connectivity index (χ3v) is 2.82. The Balaban J connectivity index is 2.10. The number of carbonyl (C=O) groups excluding carboxylic acids is 2. The van der Waals surface area contributed by atoms with E-state index < -0.39 is 5.97 Å². The molecule has 0 atom stereocenters. The Labute approximate surface area is 123 Å². The second kappa shape index (κ2) is 7.05. The van der Waals surface area contributed by atoms with Gasteiger partial charge in [0.1, 0.15) is 0 Å². The quantitative estimate of drug-likeness (QED) is 0.692. The molecule has 106 valence electrons. The highest BCUT2D eigenvalue weighted by atomic mass is 16.5. The second-order valence-electron chi connectivity index (χ2n) is 4.27. The summed E-state index contributed by atoms with van der Waals surface area (Å²) in [6.07, 6.45) is 3.12. The zero-order valence-electron chi connectivity index (χ0n) is 11.6. The van der Waals surface area contributed by atoms with Crippen molar-refractivity contribution in [3.05, 3.63) is 71.8 Å². The first-order valence-corrected chi connectivity index (χ1v) is 6.42. The molecule has 0 unspecified atom stereocenters. The number of rotatable bonds is 4. The number of hydrogen-bond donors (Lipinski definition) is 1. The number of ether oxygens (including phenoxy) is 1. The molecule has 0 aliphatic rings. The van der Waals surface area contributed by atoms with Crippen LogP contribution in [0, 0.1) is 0 Å². The van der Waals surface area contributed by atoms with Crippen molar-refractivity contribution in [2.45, 2.75) is 0 Å². The van der Waals surface area contributed by atoms with Gasteiger partial charge in [0.05, 0.1) is 18.4 Å². The van der Waals surface area contributed by atoms with E-state index >= 15 is 0 Å². The van der Waals surface area contributed by atoms with Crippen LogP contribution in [0.1, 0.15) is 15.9 Å². The van der Waals surface area contributed by atoms with Gasteiger partial charge in [-0.3, -0.25) is 4.79 Å². The molecule has 0 saturated heterocycles. The van der Waals surface area contributed by atoms with Crippen LogP contribution in [0.4, 0.5) is 5.69 Å². The lowest BCUT2D eigenvalue weighted by Gasteiger charge is -2.07. The number of esters is 1. The molecule has 2 rings (SSSR count). The molecule has 0 saturated carbocycles. The fourth-order valence-electron chi connectivity index (χ4n) is 1.79. The van der Waals surface area contributed by atoms with Crippen molar-refractivity contribution in [2.24, 2.45) is 0 Å². The summed E-state index contributed by atoms with van der Waals surface area (Å²) >= 11 is 0. The van der Waals surface area contributed by atoms with E-state index in [4.69, 9.17) is 0 Å². The van der Waals surface area contributed by atoms with Crippen LogP contribution in [0.3, 0.4) is 0 Å². The highest BCUT2D eigenvalue weighted by Gasteiger charge is 2.11. The van der Waals surface area contributed by atoms with E-state index in [1.165, 1.54) is 13.2 Å². The molecule has 0 aliphatic heterocycles. The van der Waals surface area contributed by atoms with Gasteiger partial charge in [-0.2, -0.15) is 0 Å². The maximum Gasteiger partial charge on any atom is 0.339 e. The second-order valence-corrected chi connectivity index (χ2v) is 4.27. The lowest BCUT2D eigenvalue weighted by molar-refractivity contribution is -0.111. The summed E-state index contributed by atoms with van der Waals surface area (Å²) in [5.41, 5.74) is 1.67. The summed E-state index contributed by atoms with van der Waals surface area (Å²) in [5.74, 6) is -0.798. The van der Waals surface area contributed by atoms with Gasteiger partial charge < -0.3 is 10.1 Å². The molecule has 0 radical (unpaired) electrons. The van der Waals surface area contributed by atoms with Gasteiger partial charge in [0, 0.05) is 6.08 Å². The van der Waals surface area contributed by atoms with Crippen LogP contribution in [0.15, 0.2) is 60.7 Å². The van der Waals surface area contributed by atoms with Crippen molar-refractivity contribution in [2.75, 3.05) is 12.4 Å². The number of amides is 1. The first-order valence-electron chi connectivity index (χ1n) is 6.42. The molecular formula is C17H15NO3. The number of methoxy groups -OCH3 is 1. The van der Waals surface area contributed by atoms with Gasteiger partial charge in [-0.05, 0) is 23.8 Å². The zero-order chi connectivity index (χ0) is 15.1. The molecule has 4 heteroatoms. The van der Waals surface area contributed by atoms with Gasteiger partial charge in [-0.1, -0.05) is 42.5 Å². The summed E-state index contributed by atoms with van der Waals surface area (Å²) in [5, 5.41) is 2.67. The minimum Gasteiger partial charge on any atom is -0.465 e. The topological polar surface area (TPSA) is 55.4 Å². The summed E-state index contributed by atoms with van der Waals surface area (Å²) < 4.78 is 4.68. The number of carbonyl (C=O) groups is 2. The third kappa shape index (κ3) is 4.04. The van der Waals surface area contributed by atoms with Crippen molar-refractivity contribution in [1.29, 1.82) is 0 Å². The average molecular weight is 281 g/mol. The Bertz CT molecular complexity index is 663. The average Bonchev–Trinajstić information content (AvgIpc) is 2.54. The van der Waals surface area contributed by atoms with Gasteiger partial charge in [-0.15, -0.1) is 0 Å². The van der Waals surface area contributed by atoms with Crippen LogP contribution in [-0.4, -0.2) is 19.0 Å². The summed E-state index contributed by atoms with van der Waals surface area (Å²) in [6, 6.07) is 16.2. The van der Waals surface area contributed by atoms with Gasteiger partial charge in [0.2, 0.25) is 5.91 Å². The van der Waals surface area contributed by atoms with E-state index in [0.717, 1.165) is 5.56 Å². The molecule has 1 amide bonds. The van der Waals surface area contributed by atoms with Crippen LogP contribution < -0.4 is 5.32 Å². The Morgan fingerprint density at radius 2 is 1.67 bits per heavy atom. The zero-order valence-corrected chi connectivity index (χ0v) is 11.6. The van der Waals surface area contributed by atoms with Crippen molar-refractivity contribution in [1.82, 2.24) is 0 Å². The number of anilines is 1. The Hall–Kier alpha value is -2.88. The summed E-state index contributed by atoms with van der Waals surface area (Å²) in [4.78, 5) is 23.5. The van der Waals surface area contributed by atoms with Crippen molar-refractivity contribution in [3.8, 4) is 0 Å². The number of para-hydroxylation sites is 1. The molecule has 0 bridgehead atoms. The first-order chi connectivity index (χ1) is 10.2. The first kappa shape index (κ1) is 14.5. The van der Waals surface area contributed by atoms with Gasteiger partial charge in [0.25, 0.3) is 0 Å². The molecule has 0 aromatic heterocycles. The van der Waals surface area contributed by atoms with Gasteiger partial charge >= 0.3 is 5.97 Å². The fraction of sp³-hybridized carbons (Fsp3) is 0.0588. The predicted octanol–water partition coefficient (Wildman–Crippen LogP) is 3.13. The van der Waals surface area contributed by atoms with Crippen LogP contribution in [0.5, 0.6) is 0 Å². The van der Waals surface area contributed by atoms with Crippen molar-refractivity contribution in [3.63, 3.8) is 0 Å². The van der Waals surface area contributed by atoms with Crippen LogP contribution in [0.25, 0.3) is 6.08 Å². The number of nitrogens with one attached hydrogen (secondary N) is 1. The molecule has 1 N–H and O–H groups in total. The predicted molar refractivity (Wildman–Crippen MR) is 81.9 cm³/mol. The maximum atomic E-state index is 11.9. The number of benzene rings is 2.